The van der Waals surface area contributed by atoms with E-state index in [4.69, 9.17) is 28.1 Å². The Hall–Kier alpha value is -2.51. The topological polar surface area (TPSA) is 87.3 Å². The number of nitrogens with one attached hydrogen (secondary N) is 2. The molecule has 7 heteroatoms. The smallest absolute Gasteiger partial charge is 0.194 e. The van der Waals surface area contributed by atoms with Crippen LogP contribution >= 0.6 is 12.2 Å². The second kappa shape index (κ2) is 12.0. The summed E-state index contributed by atoms with van der Waals surface area (Å²) in [6.45, 7) is 2.39. The number of benzene rings is 1. The number of aryl methyl sites for hydroxylation is 1. The molecule has 0 aliphatic heterocycles. The molecular formula is C20H27N5OS. The van der Waals surface area contributed by atoms with Gasteiger partial charge in [0.15, 0.2) is 11.1 Å². The lowest BCUT2D eigenvalue weighted by Crippen LogP contribution is -2.48. The number of aromatic nitrogens is 1. The summed E-state index contributed by atoms with van der Waals surface area (Å²) in [6.07, 6.45) is 6.19. The minimum atomic E-state index is -0.0521. The fraction of sp³-hybridized carbons (Fsp3) is 0.350. The summed E-state index contributed by atoms with van der Waals surface area (Å²) >= 11 is 5.36. The average Bonchev–Trinajstić information content (AvgIpc) is 2.69. The quantitative estimate of drug-likeness (QED) is 0.252. The van der Waals surface area contributed by atoms with Crippen LogP contribution in [0.25, 0.3) is 0 Å². The Balaban J connectivity index is 1.61. The molecule has 0 unspecified atom stereocenters. The number of ether oxygens (including phenoxy) is 1. The molecule has 1 heterocycles. The van der Waals surface area contributed by atoms with Crippen LogP contribution in [0.3, 0.4) is 0 Å². The van der Waals surface area contributed by atoms with E-state index in [0.717, 1.165) is 24.8 Å². The number of rotatable bonds is 10. The lowest BCUT2D eigenvalue weighted by molar-refractivity contribution is 0.141. The minimum Gasteiger partial charge on any atom is -0.379 e. The first kappa shape index (κ1) is 20.8. The minimum absolute atomic E-state index is 0.0521. The van der Waals surface area contributed by atoms with Gasteiger partial charge in [-0.1, -0.05) is 36.4 Å². The van der Waals surface area contributed by atoms with E-state index in [2.05, 4.69) is 22.4 Å². The highest BCUT2D eigenvalue weighted by Crippen LogP contribution is 2.03. The van der Waals surface area contributed by atoms with E-state index in [1.54, 1.807) is 11.1 Å². The Labute approximate surface area is 166 Å². The summed E-state index contributed by atoms with van der Waals surface area (Å²) in [5.41, 5.74) is 8.09. The van der Waals surface area contributed by atoms with Gasteiger partial charge in [-0.05, 0) is 48.7 Å². The Morgan fingerprint density at radius 1 is 1.11 bits per heavy atom. The van der Waals surface area contributed by atoms with Gasteiger partial charge in [0, 0.05) is 25.5 Å². The molecule has 0 amide bonds. The van der Waals surface area contributed by atoms with Gasteiger partial charge < -0.3 is 15.8 Å². The zero-order chi connectivity index (χ0) is 19.3. The normalized spacial score (nSPS) is 10.4. The van der Waals surface area contributed by atoms with Crippen molar-refractivity contribution < 1.29 is 4.74 Å². The van der Waals surface area contributed by atoms with Gasteiger partial charge in [-0.15, -0.1) is 0 Å². The highest BCUT2D eigenvalue weighted by molar-refractivity contribution is 7.80. The lowest BCUT2D eigenvalue weighted by Gasteiger charge is -2.24. The van der Waals surface area contributed by atoms with Crippen LogP contribution in [-0.4, -0.2) is 47.3 Å². The van der Waals surface area contributed by atoms with Gasteiger partial charge in [0.2, 0.25) is 0 Å². The van der Waals surface area contributed by atoms with E-state index >= 15 is 0 Å². The van der Waals surface area contributed by atoms with Crippen LogP contribution in [-0.2, 0) is 17.6 Å². The van der Waals surface area contributed by atoms with Crippen LogP contribution in [0, 0.1) is 5.41 Å². The Morgan fingerprint density at radius 3 is 2.59 bits per heavy atom. The van der Waals surface area contributed by atoms with Crippen molar-refractivity contribution in [2.24, 2.45) is 5.73 Å². The molecule has 27 heavy (non-hydrogen) atoms. The van der Waals surface area contributed by atoms with Crippen molar-refractivity contribution in [1.82, 2.24) is 15.2 Å². The molecular weight excluding hydrogens is 358 g/mol. The van der Waals surface area contributed by atoms with Crippen molar-refractivity contribution in [1.29, 1.82) is 5.41 Å². The summed E-state index contributed by atoms with van der Waals surface area (Å²) in [6, 6.07) is 14.2. The van der Waals surface area contributed by atoms with Crippen molar-refractivity contribution in [3.8, 4) is 0 Å². The molecule has 0 radical (unpaired) electrons. The predicted octanol–water partition coefficient (Wildman–Crippen LogP) is 2.34. The van der Waals surface area contributed by atoms with Crippen molar-refractivity contribution >= 4 is 23.3 Å². The lowest BCUT2D eigenvalue weighted by atomic mass is 10.1. The third-order valence-corrected chi connectivity index (χ3v) is 4.37. The molecule has 6 nitrogen and oxygen atoms in total. The maximum Gasteiger partial charge on any atom is 0.194 e. The standard InChI is InChI=1S/C20H27N5OS/c21-19(22)25(13-5-9-18-8-4-11-23-16-18)20(27)24-12-15-26-14-10-17-6-2-1-3-7-17/h1-4,6-8,11,16H,5,9-10,12-15H2,(H3,21,22)(H,24,27). The molecule has 1 aromatic heterocycles. The van der Waals surface area contributed by atoms with Crippen molar-refractivity contribution in [3.05, 3.63) is 66.0 Å². The zero-order valence-electron chi connectivity index (χ0n) is 15.4. The summed E-state index contributed by atoms with van der Waals surface area (Å²) in [5.74, 6) is -0.0521. The first-order chi connectivity index (χ1) is 13.2. The molecule has 0 atom stereocenters. The highest BCUT2D eigenvalue weighted by Gasteiger charge is 2.11. The molecule has 0 spiro atoms. The van der Waals surface area contributed by atoms with Gasteiger partial charge in [-0.25, -0.2) is 0 Å². The van der Waals surface area contributed by atoms with Gasteiger partial charge in [0.25, 0.3) is 0 Å². The number of nitrogens with two attached hydrogens (primary N) is 1. The number of guanidine groups is 1. The maximum atomic E-state index is 7.74. The van der Waals surface area contributed by atoms with Gasteiger partial charge in [0.1, 0.15) is 0 Å². The van der Waals surface area contributed by atoms with Gasteiger partial charge in [0.05, 0.1) is 13.2 Å². The van der Waals surface area contributed by atoms with Gasteiger partial charge in [-0.3, -0.25) is 15.3 Å². The third kappa shape index (κ3) is 8.15. The van der Waals surface area contributed by atoms with Crippen molar-refractivity contribution in [2.45, 2.75) is 19.3 Å². The van der Waals surface area contributed by atoms with Crippen LogP contribution in [0.2, 0.25) is 0 Å². The third-order valence-electron chi connectivity index (χ3n) is 4.01. The monoisotopic (exact) mass is 385 g/mol. The number of nitrogens with zero attached hydrogens (tertiary/aromatic N) is 2. The summed E-state index contributed by atoms with van der Waals surface area (Å²) in [7, 11) is 0. The molecule has 0 saturated carbocycles. The largest absolute Gasteiger partial charge is 0.379 e. The van der Waals surface area contributed by atoms with Gasteiger partial charge >= 0.3 is 0 Å². The van der Waals surface area contributed by atoms with E-state index in [1.807, 2.05) is 36.5 Å². The van der Waals surface area contributed by atoms with E-state index < -0.39 is 0 Å². The zero-order valence-corrected chi connectivity index (χ0v) is 16.3. The van der Waals surface area contributed by atoms with E-state index in [1.165, 1.54) is 5.56 Å². The maximum absolute atomic E-state index is 7.74. The van der Waals surface area contributed by atoms with Crippen molar-refractivity contribution in [3.63, 3.8) is 0 Å². The SMILES string of the molecule is N=C(N)N(CCCc1cccnc1)C(=S)NCCOCCc1ccccc1. The molecule has 0 aliphatic carbocycles. The second-order valence-corrected chi connectivity index (χ2v) is 6.47. The highest BCUT2D eigenvalue weighted by atomic mass is 32.1. The summed E-state index contributed by atoms with van der Waals surface area (Å²) < 4.78 is 5.63. The summed E-state index contributed by atoms with van der Waals surface area (Å²) in [4.78, 5) is 5.71. The first-order valence-corrected chi connectivity index (χ1v) is 9.47. The fourth-order valence-electron chi connectivity index (χ4n) is 2.58. The van der Waals surface area contributed by atoms with Crippen LogP contribution in [0.15, 0.2) is 54.9 Å². The predicted molar refractivity (Wildman–Crippen MR) is 113 cm³/mol. The average molecular weight is 386 g/mol. The number of thiocarbonyl (C=S) groups is 1. The van der Waals surface area contributed by atoms with Crippen LogP contribution in [0.5, 0.6) is 0 Å². The van der Waals surface area contributed by atoms with Crippen LogP contribution < -0.4 is 11.1 Å². The Kier molecular flexibility index (Phi) is 9.23. The number of hydrogen-bond acceptors (Lipinski definition) is 4. The number of pyridine rings is 1. The summed E-state index contributed by atoms with van der Waals surface area (Å²) in [5, 5.41) is 11.3. The molecule has 144 valence electrons. The first-order valence-electron chi connectivity index (χ1n) is 9.07. The molecule has 2 aromatic rings. The van der Waals surface area contributed by atoms with E-state index in [-0.39, 0.29) is 5.96 Å². The Morgan fingerprint density at radius 2 is 1.89 bits per heavy atom. The molecule has 2 rings (SSSR count). The van der Waals surface area contributed by atoms with E-state index in [9.17, 15) is 0 Å². The molecule has 0 bridgehead atoms. The van der Waals surface area contributed by atoms with Gasteiger partial charge in [-0.2, -0.15) is 0 Å². The molecule has 1 aromatic carbocycles. The van der Waals surface area contributed by atoms with Crippen LogP contribution in [0.1, 0.15) is 17.5 Å². The molecule has 0 aliphatic rings. The molecule has 0 fully saturated rings. The molecule has 0 saturated heterocycles. The van der Waals surface area contributed by atoms with Crippen LogP contribution in [0.4, 0.5) is 0 Å². The number of hydrogen-bond donors (Lipinski definition) is 3. The molecule has 4 N–H and O–H groups in total. The van der Waals surface area contributed by atoms with Crippen molar-refractivity contribution in [2.75, 3.05) is 26.3 Å². The fourth-order valence-corrected chi connectivity index (χ4v) is 2.87. The second-order valence-electron chi connectivity index (χ2n) is 6.08. The Bertz CT molecular complexity index is 696. The van der Waals surface area contributed by atoms with E-state index in [0.29, 0.717) is 31.4 Å².